The number of hydrogen-bond donors (Lipinski definition) is 1. The van der Waals surface area contributed by atoms with Gasteiger partial charge in [-0.2, -0.15) is 5.10 Å². The van der Waals surface area contributed by atoms with E-state index in [9.17, 15) is 9.59 Å². The molecule has 0 spiro atoms. The summed E-state index contributed by atoms with van der Waals surface area (Å²) in [6.07, 6.45) is 3.66. The van der Waals surface area contributed by atoms with E-state index >= 15 is 0 Å². The first kappa shape index (κ1) is 19.1. The van der Waals surface area contributed by atoms with E-state index in [0.29, 0.717) is 0 Å². The Morgan fingerprint density at radius 2 is 1.72 bits per heavy atom. The lowest BCUT2D eigenvalue weighted by Gasteiger charge is -2.20. The topological polar surface area (TPSA) is 64.0 Å². The number of aromatic nitrogens is 2. The Hall–Kier alpha value is -3.21. The molecule has 4 rings (SSSR count). The van der Waals surface area contributed by atoms with Gasteiger partial charge in [0.05, 0.1) is 5.69 Å². The second kappa shape index (κ2) is 8.03. The normalized spacial score (nSPS) is 13.0. The number of hydrogen-bond acceptors (Lipinski definition) is 3. The number of aryl methyl sites for hydroxylation is 2. The average Bonchev–Trinajstić information content (AvgIpc) is 2.71. The highest BCUT2D eigenvalue weighted by molar-refractivity contribution is 5.90. The molecule has 0 aliphatic heterocycles. The van der Waals surface area contributed by atoms with Crippen molar-refractivity contribution in [2.75, 3.05) is 5.32 Å². The number of anilines is 1. The maximum absolute atomic E-state index is 13.0. The fraction of sp³-hybridized carbons (Fsp3) is 0.292. The second-order valence-corrected chi connectivity index (χ2v) is 7.76. The van der Waals surface area contributed by atoms with Gasteiger partial charge in [0.1, 0.15) is 6.54 Å². The zero-order valence-corrected chi connectivity index (χ0v) is 16.9. The molecule has 0 fully saturated rings. The monoisotopic (exact) mass is 387 g/mol. The Balaban J connectivity index is 1.69. The molecule has 1 aliphatic carbocycles. The molecular formula is C24H25N3O2. The van der Waals surface area contributed by atoms with Crippen LogP contribution in [0.3, 0.4) is 0 Å². The maximum atomic E-state index is 13.0. The Kier molecular flexibility index (Phi) is 5.30. The summed E-state index contributed by atoms with van der Waals surface area (Å²) in [4.78, 5) is 25.6. The van der Waals surface area contributed by atoms with E-state index in [4.69, 9.17) is 0 Å². The molecule has 1 amide bonds. The quantitative estimate of drug-likeness (QED) is 0.735. The van der Waals surface area contributed by atoms with Gasteiger partial charge < -0.3 is 5.32 Å². The van der Waals surface area contributed by atoms with Gasteiger partial charge in [0.25, 0.3) is 5.56 Å². The summed E-state index contributed by atoms with van der Waals surface area (Å²) in [5.74, 6) is -0.254. The minimum absolute atomic E-state index is 0.0983. The van der Waals surface area contributed by atoms with Gasteiger partial charge in [-0.05, 0) is 62.8 Å². The average molecular weight is 387 g/mol. The molecule has 29 heavy (non-hydrogen) atoms. The van der Waals surface area contributed by atoms with Gasteiger partial charge in [0.15, 0.2) is 0 Å². The van der Waals surface area contributed by atoms with Crippen molar-refractivity contribution >= 4 is 11.6 Å². The van der Waals surface area contributed by atoms with Crippen LogP contribution in [0.4, 0.5) is 5.69 Å². The third kappa shape index (κ3) is 4.14. The molecular weight excluding hydrogens is 362 g/mol. The molecule has 2 aromatic carbocycles. The zero-order chi connectivity index (χ0) is 20.4. The first-order chi connectivity index (χ1) is 14.0. The summed E-state index contributed by atoms with van der Waals surface area (Å²) in [7, 11) is 0. The van der Waals surface area contributed by atoms with Crippen LogP contribution in [0.15, 0.2) is 53.3 Å². The highest BCUT2D eigenvalue weighted by atomic mass is 16.2. The molecule has 0 atom stereocenters. The van der Waals surface area contributed by atoms with E-state index in [1.807, 2.05) is 62.4 Å². The molecule has 3 aromatic rings. The highest BCUT2D eigenvalue weighted by Crippen LogP contribution is 2.28. The minimum atomic E-state index is -0.254. The Morgan fingerprint density at radius 3 is 2.45 bits per heavy atom. The largest absolute Gasteiger partial charge is 0.324 e. The molecule has 0 unspecified atom stereocenters. The smallest absolute Gasteiger partial charge is 0.270 e. The Morgan fingerprint density at radius 1 is 1.00 bits per heavy atom. The van der Waals surface area contributed by atoms with E-state index < -0.39 is 0 Å². The zero-order valence-electron chi connectivity index (χ0n) is 16.9. The van der Waals surface area contributed by atoms with Crippen LogP contribution in [0.25, 0.3) is 11.3 Å². The molecule has 0 saturated heterocycles. The number of benzene rings is 2. The number of fused-ring (bicyclic) bond motifs is 1. The third-order valence-corrected chi connectivity index (χ3v) is 5.39. The van der Waals surface area contributed by atoms with Crippen LogP contribution in [0.2, 0.25) is 0 Å². The number of rotatable bonds is 4. The van der Waals surface area contributed by atoms with Gasteiger partial charge in [-0.3, -0.25) is 9.59 Å². The van der Waals surface area contributed by atoms with E-state index in [1.165, 1.54) is 10.2 Å². The van der Waals surface area contributed by atoms with Gasteiger partial charge in [0, 0.05) is 16.8 Å². The highest BCUT2D eigenvalue weighted by Gasteiger charge is 2.22. The number of nitrogens with one attached hydrogen (secondary N) is 1. The molecule has 148 valence electrons. The van der Waals surface area contributed by atoms with Crippen molar-refractivity contribution in [1.82, 2.24) is 9.78 Å². The predicted molar refractivity (Wildman–Crippen MR) is 115 cm³/mol. The summed E-state index contributed by atoms with van der Waals surface area (Å²) in [5, 5.41) is 7.49. The second-order valence-electron chi connectivity index (χ2n) is 7.76. The van der Waals surface area contributed by atoms with Crippen LogP contribution in [0.1, 0.15) is 35.1 Å². The van der Waals surface area contributed by atoms with Crippen molar-refractivity contribution in [3.63, 3.8) is 0 Å². The SMILES string of the molecule is Cc1ccc(-c2nn(CC(=O)Nc3cccc(C)c3)c(=O)c3c2CCCC3)cc1. The summed E-state index contributed by atoms with van der Waals surface area (Å²) < 4.78 is 1.32. The van der Waals surface area contributed by atoms with Crippen LogP contribution in [-0.2, 0) is 24.2 Å². The van der Waals surface area contributed by atoms with Crippen molar-refractivity contribution in [2.24, 2.45) is 0 Å². The fourth-order valence-corrected chi connectivity index (χ4v) is 3.89. The molecule has 5 heteroatoms. The van der Waals surface area contributed by atoms with Crippen molar-refractivity contribution in [1.29, 1.82) is 0 Å². The van der Waals surface area contributed by atoms with Crippen LogP contribution in [0.5, 0.6) is 0 Å². The number of carbonyl (C=O) groups excluding carboxylic acids is 1. The van der Waals surface area contributed by atoms with E-state index in [-0.39, 0.29) is 18.0 Å². The third-order valence-electron chi connectivity index (χ3n) is 5.39. The number of amides is 1. The first-order valence-corrected chi connectivity index (χ1v) is 10.1. The molecule has 0 radical (unpaired) electrons. The number of nitrogens with zero attached hydrogens (tertiary/aromatic N) is 2. The minimum Gasteiger partial charge on any atom is -0.324 e. The van der Waals surface area contributed by atoms with Crippen LogP contribution in [-0.4, -0.2) is 15.7 Å². The molecule has 1 aromatic heterocycles. The lowest BCUT2D eigenvalue weighted by atomic mass is 9.89. The lowest BCUT2D eigenvalue weighted by Crippen LogP contribution is -2.34. The summed E-state index contributed by atoms with van der Waals surface area (Å²) in [6, 6.07) is 15.8. The fourth-order valence-electron chi connectivity index (χ4n) is 3.89. The van der Waals surface area contributed by atoms with Crippen LogP contribution < -0.4 is 10.9 Å². The van der Waals surface area contributed by atoms with Gasteiger partial charge in [-0.15, -0.1) is 0 Å². The van der Waals surface area contributed by atoms with Crippen molar-refractivity contribution < 1.29 is 4.79 Å². The van der Waals surface area contributed by atoms with Crippen molar-refractivity contribution in [3.8, 4) is 11.3 Å². The van der Waals surface area contributed by atoms with E-state index in [0.717, 1.165) is 59.3 Å². The van der Waals surface area contributed by atoms with Crippen molar-refractivity contribution in [2.45, 2.75) is 46.1 Å². The number of carbonyl (C=O) groups is 1. The van der Waals surface area contributed by atoms with Gasteiger partial charge in [0.2, 0.25) is 5.91 Å². The van der Waals surface area contributed by atoms with Gasteiger partial charge >= 0.3 is 0 Å². The predicted octanol–water partition coefficient (Wildman–Crippen LogP) is 4.04. The summed E-state index contributed by atoms with van der Waals surface area (Å²) >= 11 is 0. The lowest BCUT2D eigenvalue weighted by molar-refractivity contribution is -0.117. The Bertz CT molecular complexity index is 1110. The molecule has 0 saturated carbocycles. The summed E-state index contributed by atoms with van der Waals surface area (Å²) in [5.41, 5.74) is 6.48. The maximum Gasteiger partial charge on any atom is 0.270 e. The molecule has 1 N–H and O–H groups in total. The first-order valence-electron chi connectivity index (χ1n) is 10.1. The molecule has 1 aliphatic rings. The van der Waals surface area contributed by atoms with Gasteiger partial charge in [-0.1, -0.05) is 42.0 Å². The summed E-state index contributed by atoms with van der Waals surface area (Å²) in [6.45, 7) is 3.92. The molecule has 0 bridgehead atoms. The van der Waals surface area contributed by atoms with Gasteiger partial charge in [-0.25, -0.2) is 4.68 Å². The molecule has 5 nitrogen and oxygen atoms in total. The Labute approximate surface area is 170 Å². The van der Waals surface area contributed by atoms with E-state index in [2.05, 4.69) is 10.4 Å². The van der Waals surface area contributed by atoms with Crippen LogP contribution >= 0.6 is 0 Å². The van der Waals surface area contributed by atoms with Crippen LogP contribution in [0, 0.1) is 13.8 Å². The van der Waals surface area contributed by atoms with Crippen molar-refractivity contribution in [3.05, 3.63) is 81.1 Å². The standard InChI is InChI=1S/C24H25N3O2/c1-16-10-12-18(13-11-16)23-20-8-3-4-9-21(20)24(29)27(26-23)15-22(28)25-19-7-5-6-17(2)14-19/h5-7,10-14H,3-4,8-9,15H2,1-2H3,(H,25,28). The molecule has 1 heterocycles. The van der Waals surface area contributed by atoms with E-state index in [1.54, 1.807) is 0 Å².